The van der Waals surface area contributed by atoms with Crippen LogP contribution in [0.15, 0.2) is 54.6 Å². The third kappa shape index (κ3) is 3.09. The number of aromatic nitrogens is 3. The van der Waals surface area contributed by atoms with Crippen LogP contribution in [0.2, 0.25) is 0 Å². The van der Waals surface area contributed by atoms with Gasteiger partial charge in [0.25, 0.3) is 5.91 Å². The lowest BCUT2D eigenvalue weighted by molar-refractivity contribution is 0.0717. The number of ether oxygens (including phenoxy) is 1. The Morgan fingerprint density at radius 3 is 2.90 bits per heavy atom. The van der Waals surface area contributed by atoms with Crippen LogP contribution in [0, 0.1) is 0 Å². The predicted molar refractivity (Wildman–Crippen MR) is 113 cm³/mol. The second kappa shape index (κ2) is 7.37. The number of imidazole rings is 1. The third-order valence-electron chi connectivity index (χ3n) is 5.79. The Bertz CT molecular complexity index is 1140. The van der Waals surface area contributed by atoms with Crippen molar-refractivity contribution in [2.24, 2.45) is 0 Å². The quantitative estimate of drug-likeness (QED) is 0.559. The van der Waals surface area contributed by atoms with E-state index < -0.39 is 0 Å². The number of hydrogen-bond acceptors (Lipinski definition) is 3. The molecule has 3 heterocycles. The highest BCUT2D eigenvalue weighted by Gasteiger charge is 2.34. The molecular weight excluding hydrogens is 364 g/mol. The van der Waals surface area contributed by atoms with Crippen LogP contribution in [0.3, 0.4) is 0 Å². The van der Waals surface area contributed by atoms with Gasteiger partial charge in [0, 0.05) is 31.1 Å². The van der Waals surface area contributed by atoms with Gasteiger partial charge in [0.2, 0.25) is 0 Å². The van der Waals surface area contributed by atoms with Crippen LogP contribution in [-0.2, 0) is 11.3 Å². The summed E-state index contributed by atoms with van der Waals surface area (Å²) in [6, 6.07) is 18.1. The molecule has 1 fully saturated rings. The molecule has 148 valence electrons. The number of amides is 1. The smallest absolute Gasteiger partial charge is 0.271 e. The standard InChI is InChI=1S/C23H24N4O2/c1-29-14-13-26-19-10-5-2-7-16(19)15-21(26)23(28)27-12-6-11-20(27)22-24-17-8-3-4-9-18(17)25-22/h2-5,7-10,15,20H,6,11-14H2,1H3,(H,24,25)/t20-/m0/s1. The number of rotatable bonds is 5. The Morgan fingerprint density at radius 2 is 2.03 bits per heavy atom. The van der Waals surface area contributed by atoms with E-state index in [1.165, 1.54) is 0 Å². The van der Waals surface area contributed by atoms with Crippen molar-refractivity contribution < 1.29 is 9.53 Å². The van der Waals surface area contributed by atoms with Crippen molar-refractivity contribution in [2.75, 3.05) is 20.3 Å². The van der Waals surface area contributed by atoms with Crippen LogP contribution < -0.4 is 0 Å². The van der Waals surface area contributed by atoms with Gasteiger partial charge in [0.1, 0.15) is 11.5 Å². The summed E-state index contributed by atoms with van der Waals surface area (Å²) in [7, 11) is 1.69. The molecule has 0 radical (unpaired) electrons. The SMILES string of the molecule is COCCn1c(C(=O)N2CCC[C@H]2c2nc3ccccc3[nH]2)cc2ccccc21. The Kier molecular flexibility index (Phi) is 4.56. The zero-order chi connectivity index (χ0) is 19.8. The lowest BCUT2D eigenvalue weighted by atomic mass is 10.2. The molecule has 2 aromatic heterocycles. The number of fused-ring (bicyclic) bond motifs is 2. The molecule has 0 unspecified atom stereocenters. The number of aromatic amines is 1. The predicted octanol–water partition coefficient (Wildman–Crippen LogP) is 4.14. The van der Waals surface area contributed by atoms with Gasteiger partial charge in [-0.1, -0.05) is 30.3 Å². The Hall–Kier alpha value is -3.12. The highest BCUT2D eigenvalue weighted by Crippen LogP contribution is 2.33. The molecule has 1 aliphatic rings. The molecule has 0 saturated carbocycles. The first kappa shape index (κ1) is 17.9. The molecule has 0 spiro atoms. The Balaban J connectivity index is 1.52. The molecule has 5 rings (SSSR count). The number of nitrogens with zero attached hydrogens (tertiary/aromatic N) is 3. The van der Waals surface area contributed by atoms with Crippen LogP contribution in [0.5, 0.6) is 0 Å². The molecule has 0 bridgehead atoms. The summed E-state index contributed by atoms with van der Waals surface area (Å²) < 4.78 is 7.37. The number of nitrogens with one attached hydrogen (secondary N) is 1. The maximum atomic E-state index is 13.6. The topological polar surface area (TPSA) is 63.1 Å². The first-order chi connectivity index (χ1) is 14.3. The average Bonchev–Trinajstić information content (AvgIpc) is 3.47. The summed E-state index contributed by atoms with van der Waals surface area (Å²) in [5.41, 5.74) is 3.73. The summed E-state index contributed by atoms with van der Waals surface area (Å²) in [5, 5.41) is 1.08. The molecule has 6 nitrogen and oxygen atoms in total. The molecule has 6 heteroatoms. The average molecular weight is 388 g/mol. The first-order valence-corrected chi connectivity index (χ1v) is 10.1. The number of carbonyl (C=O) groups is 1. The monoisotopic (exact) mass is 388 g/mol. The van der Waals surface area contributed by atoms with Gasteiger partial charge >= 0.3 is 0 Å². The van der Waals surface area contributed by atoms with Crippen molar-refractivity contribution in [3.05, 3.63) is 66.1 Å². The lowest BCUT2D eigenvalue weighted by Gasteiger charge is -2.24. The van der Waals surface area contributed by atoms with Crippen LogP contribution in [0.25, 0.3) is 21.9 Å². The first-order valence-electron chi connectivity index (χ1n) is 10.1. The van der Waals surface area contributed by atoms with E-state index in [1.54, 1.807) is 7.11 Å². The van der Waals surface area contributed by atoms with E-state index >= 15 is 0 Å². The molecule has 29 heavy (non-hydrogen) atoms. The summed E-state index contributed by atoms with van der Waals surface area (Å²) in [4.78, 5) is 23.8. The number of methoxy groups -OCH3 is 1. The molecule has 1 atom stereocenters. The lowest BCUT2D eigenvalue weighted by Crippen LogP contribution is -2.32. The molecule has 1 N–H and O–H groups in total. The largest absolute Gasteiger partial charge is 0.383 e. The van der Waals surface area contributed by atoms with Crippen molar-refractivity contribution >= 4 is 27.8 Å². The molecule has 1 aliphatic heterocycles. The van der Waals surface area contributed by atoms with Gasteiger partial charge in [-0.2, -0.15) is 0 Å². The molecule has 1 amide bonds. The van der Waals surface area contributed by atoms with E-state index in [9.17, 15) is 4.79 Å². The highest BCUT2D eigenvalue weighted by atomic mass is 16.5. The molecule has 1 saturated heterocycles. The minimum atomic E-state index is -0.0243. The fourth-order valence-electron chi connectivity index (χ4n) is 4.38. The van der Waals surface area contributed by atoms with E-state index in [4.69, 9.17) is 9.72 Å². The zero-order valence-electron chi connectivity index (χ0n) is 16.5. The third-order valence-corrected chi connectivity index (χ3v) is 5.79. The van der Waals surface area contributed by atoms with E-state index in [2.05, 4.69) is 21.7 Å². The fourth-order valence-corrected chi connectivity index (χ4v) is 4.38. The highest BCUT2D eigenvalue weighted by molar-refractivity contribution is 5.99. The van der Waals surface area contributed by atoms with Gasteiger partial charge in [-0.05, 0) is 37.1 Å². The second-order valence-electron chi connectivity index (χ2n) is 7.53. The van der Waals surface area contributed by atoms with Crippen molar-refractivity contribution in [1.82, 2.24) is 19.4 Å². The minimum Gasteiger partial charge on any atom is -0.383 e. The molecule has 0 aliphatic carbocycles. The van der Waals surface area contributed by atoms with E-state index in [-0.39, 0.29) is 11.9 Å². The van der Waals surface area contributed by atoms with Crippen molar-refractivity contribution in [2.45, 2.75) is 25.4 Å². The van der Waals surface area contributed by atoms with E-state index in [1.807, 2.05) is 47.4 Å². The second-order valence-corrected chi connectivity index (χ2v) is 7.53. The van der Waals surface area contributed by atoms with Crippen LogP contribution in [0.4, 0.5) is 0 Å². The van der Waals surface area contributed by atoms with Crippen molar-refractivity contribution in [1.29, 1.82) is 0 Å². The van der Waals surface area contributed by atoms with Crippen LogP contribution >= 0.6 is 0 Å². The minimum absolute atomic E-state index is 0.0243. The van der Waals surface area contributed by atoms with Crippen LogP contribution in [-0.4, -0.2) is 45.6 Å². The van der Waals surface area contributed by atoms with Gasteiger partial charge in [-0.15, -0.1) is 0 Å². The van der Waals surface area contributed by atoms with Crippen LogP contribution in [0.1, 0.15) is 35.2 Å². The van der Waals surface area contributed by atoms with Gasteiger partial charge in [-0.25, -0.2) is 4.98 Å². The summed E-state index contributed by atoms with van der Waals surface area (Å²) >= 11 is 0. The van der Waals surface area contributed by atoms with Crippen molar-refractivity contribution in [3.8, 4) is 0 Å². The Labute approximate surface area is 169 Å². The molecular formula is C23H24N4O2. The summed E-state index contributed by atoms with van der Waals surface area (Å²) in [5.74, 6) is 0.928. The number of H-pyrrole nitrogens is 1. The van der Waals surface area contributed by atoms with Crippen molar-refractivity contribution in [3.63, 3.8) is 0 Å². The zero-order valence-corrected chi connectivity index (χ0v) is 16.5. The summed E-state index contributed by atoms with van der Waals surface area (Å²) in [6.07, 6.45) is 1.90. The van der Waals surface area contributed by atoms with Gasteiger partial charge in [0.15, 0.2) is 0 Å². The van der Waals surface area contributed by atoms with E-state index in [0.717, 1.165) is 47.1 Å². The van der Waals surface area contributed by atoms with Gasteiger partial charge in [0.05, 0.1) is 23.7 Å². The maximum absolute atomic E-state index is 13.6. The molecule has 2 aromatic carbocycles. The van der Waals surface area contributed by atoms with E-state index in [0.29, 0.717) is 18.8 Å². The maximum Gasteiger partial charge on any atom is 0.271 e. The Morgan fingerprint density at radius 1 is 1.21 bits per heavy atom. The van der Waals surface area contributed by atoms with Gasteiger partial charge in [-0.3, -0.25) is 4.79 Å². The number of hydrogen-bond donors (Lipinski definition) is 1. The normalized spacial score (nSPS) is 16.9. The number of benzene rings is 2. The number of likely N-dealkylation sites (tertiary alicyclic amines) is 1. The molecule has 4 aromatic rings. The van der Waals surface area contributed by atoms with Gasteiger partial charge < -0.3 is 19.2 Å². The number of para-hydroxylation sites is 3. The summed E-state index contributed by atoms with van der Waals surface area (Å²) in [6.45, 7) is 1.95. The fraction of sp³-hybridized carbons (Fsp3) is 0.304. The number of carbonyl (C=O) groups excluding carboxylic acids is 1.